The molecule has 13 rings (SSSR count). The van der Waals surface area contributed by atoms with Gasteiger partial charge in [0.2, 0.25) is 0 Å². The fraction of sp³-hybridized carbons (Fsp3) is 0.0149. The first kappa shape index (κ1) is 40.3. The highest BCUT2D eigenvalue weighted by atomic mass is 16.3. The van der Waals surface area contributed by atoms with E-state index >= 15 is 0 Å². The van der Waals surface area contributed by atoms with E-state index in [2.05, 4.69) is 272 Å². The number of benzene rings is 11. The summed E-state index contributed by atoms with van der Waals surface area (Å²) in [6.07, 6.45) is 0. The summed E-state index contributed by atoms with van der Waals surface area (Å²) in [5.74, 6) is 0. The first-order valence-corrected chi connectivity index (χ1v) is 23.8. The van der Waals surface area contributed by atoms with Crippen molar-refractivity contribution in [3.05, 3.63) is 295 Å². The third kappa shape index (κ3) is 6.56. The highest BCUT2D eigenvalue weighted by Crippen LogP contribution is 2.58. The van der Waals surface area contributed by atoms with Gasteiger partial charge in [-0.2, -0.15) is 0 Å². The van der Waals surface area contributed by atoms with Crippen LogP contribution in [0, 0.1) is 0 Å². The number of anilines is 3. The molecule has 0 aliphatic heterocycles. The number of furan rings is 1. The summed E-state index contributed by atoms with van der Waals surface area (Å²) in [6, 6.07) is 99.3. The van der Waals surface area contributed by atoms with Gasteiger partial charge in [-0.25, -0.2) is 0 Å². The van der Waals surface area contributed by atoms with Gasteiger partial charge in [0.05, 0.1) is 11.1 Å². The molecule has 1 aliphatic rings. The Morgan fingerprint density at radius 2 is 0.797 bits per heavy atom. The second kappa shape index (κ2) is 16.7. The summed E-state index contributed by atoms with van der Waals surface area (Å²) >= 11 is 0. The van der Waals surface area contributed by atoms with Crippen LogP contribution in [0.25, 0.3) is 77.6 Å². The van der Waals surface area contributed by atoms with Gasteiger partial charge in [-0.05, 0) is 103 Å². The molecule has 0 spiro atoms. The second-order valence-corrected chi connectivity index (χ2v) is 17.9. The molecule has 0 fully saturated rings. The summed E-state index contributed by atoms with van der Waals surface area (Å²) in [6.45, 7) is 0. The van der Waals surface area contributed by atoms with Crippen molar-refractivity contribution in [3.8, 4) is 55.6 Å². The molecule has 12 aromatic rings. The van der Waals surface area contributed by atoms with E-state index in [-0.39, 0.29) is 0 Å². The van der Waals surface area contributed by atoms with Crippen molar-refractivity contribution in [3.63, 3.8) is 0 Å². The van der Waals surface area contributed by atoms with E-state index < -0.39 is 5.41 Å². The zero-order chi connectivity index (χ0) is 45.7. The average Bonchev–Trinajstić information content (AvgIpc) is 3.96. The van der Waals surface area contributed by atoms with Gasteiger partial charge in [0.15, 0.2) is 0 Å². The molecule has 1 aliphatic carbocycles. The number of hydrogen-bond acceptors (Lipinski definition) is 2. The van der Waals surface area contributed by atoms with Crippen molar-refractivity contribution in [2.75, 3.05) is 4.90 Å². The maximum Gasteiger partial charge on any atom is 0.143 e. The van der Waals surface area contributed by atoms with Gasteiger partial charge < -0.3 is 9.32 Å². The summed E-state index contributed by atoms with van der Waals surface area (Å²) in [7, 11) is 0. The first-order valence-electron chi connectivity index (χ1n) is 23.8. The predicted octanol–water partition coefficient (Wildman–Crippen LogP) is 18.1. The van der Waals surface area contributed by atoms with Crippen LogP contribution in [-0.4, -0.2) is 0 Å². The van der Waals surface area contributed by atoms with Gasteiger partial charge >= 0.3 is 0 Å². The third-order valence-electron chi connectivity index (χ3n) is 14.2. The van der Waals surface area contributed by atoms with Gasteiger partial charge in [-0.15, -0.1) is 0 Å². The molecule has 0 unspecified atom stereocenters. The van der Waals surface area contributed by atoms with Crippen LogP contribution in [0.4, 0.5) is 17.1 Å². The average molecular weight is 880 g/mol. The Hall–Kier alpha value is -8.98. The number of hydrogen-bond donors (Lipinski definition) is 0. The Kier molecular flexibility index (Phi) is 9.77. The lowest BCUT2D eigenvalue weighted by molar-refractivity contribution is 0.670. The van der Waals surface area contributed by atoms with E-state index in [1.807, 2.05) is 6.07 Å². The van der Waals surface area contributed by atoms with E-state index in [0.717, 1.165) is 72.4 Å². The van der Waals surface area contributed by atoms with Crippen LogP contribution in [0.3, 0.4) is 0 Å². The molecule has 69 heavy (non-hydrogen) atoms. The van der Waals surface area contributed by atoms with Gasteiger partial charge in [0.1, 0.15) is 11.2 Å². The summed E-state index contributed by atoms with van der Waals surface area (Å²) < 4.78 is 6.56. The standard InChI is InChI=1S/C67H45NO/c1-5-21-46(22-6-1)53-29-13-14-32-58(53)65-54(47-23-7-2-8-24-47)33-20-37-63(65)68(51-41-39-48(40-42-51)55-34-19-35-59-57-31-16-18-38-64(57)69-66(55)59)52-43-44-62-60(45-52)56-30-15-17-36-61(56)67(62,49-25-9-3-10-26-49)50-27-11-4-12-28-50/h1-45H. The van der Waals surface area contributed by atoms with Crippen molar-refractivity contribution >= 4 is 39.0 Å². The molecular weight excluding hydrogens is 835 g/mol. The van der Waals surface area contributed by atoms with Crippen molar-refractivity contribution in [2.45, 2.75) is 5.41 Å². The molecular formula is C67H45NO. The van der Waals surface area contributed by atoms with Crippen LogP contribution in [0.15, 0.2) is 277 Å². The lowest BCUT2D eigenvalue weighted by Gasteiger charge is -2.34. The summed E-state index contributed by atoms with van der Waals surface area (Å²) in [5.41, 5.74) is 21.1. The van der Waals surface area contributed by atoms with Gasteiger partial charge in [0.25, 0.3) is 0 Å². The van der Waals surface area contributed by atoms with Gasteiger partial charge in [-0.1, -0.05) is 237 Å². The Bertz CT molecular complexity index is 3780. The van der Waals surface area contributed by atoms with Gasteiger partial charge in [-0.3, -0.25) is 0 Å². The maximum absolute atomic E-state index is 6.56. The van der Waals surface area contributed by atoms with E-state index in [1.165, 1.54) is 44.5 Å². The molecule has 2 heteroatoms. The Balaban J connectivity index is 1.07. The van der Waals surface area contributed by atoms with E-state index in [9.17, 15) is 0 Å². The predicted molar refractivity (Wildman–Crippen MR) is 287 cm³/mol. The fourth-order valence-corrected chi connectivity index (χ4v) is 11.2. The van der Waals surface area contributed by atoms with E-state index in [4.69, 9.17) is 4.42 Å². The Labute approximate surface area is 402 Å². The van der Waals surface area contributed by atoms with Crippen LogP contribution in [0.1, 0.15) is 22.3 Å². The number of rotatable bonds is 9. The SMILES string of the molecule is c1ccc(-c2ccccc2-c2c(-c3ccccc3)cccc2N(c2ccc(-c3cccc4c3oc3ccccc34)cc2)c2ccc3c(c2)-c2ccccc2C3(c2ccccc2)c2ccccc2)cc1. The quantitative estimate of drug-likeness (QED) is 0.144. The zero-order valence-corrected chi connectivity index (χ0v) is 37.8. The normalized spacial score (nSPS) is 12.5. The minimum Gasteiger partial charge on any atom is -0.455 e. The highest BCUT2D eigenvalue weighted by Gasteiger charge is 2.46. The van der Waals surface area contributed by atoms with Crippen molar-refractivity contribution < 1.29 is 4.42 Å². The van der Waals surface area contributed by atoms with E-state index in [1.54, 1.807) is 0 Å². The number of nitrogens with zero attached hydrogens (tertiary/aromatic N) is 1. The van der Waals surface area contributed by atoms with Crippen LogP contribution < -0.4 is 4.90 Å². The zero-order valence-electron chi connectivity index (χ0n) is 37.8. The molecule has 0 bridgehead atoms. The second-order valence-electron chi connectivity index (χ2n) is 17.9. The minimum atomic E-state index is -0.510. The smallest absolute Gasteiger partial charge is 0.143 e. The molecule has 0 radical (unpaired) electrons. The Morgan fingerprint density at radius 1 is 0.304 bits per heavy atom. The van der Waals surface area contributed by atoms with Crippen molar-refractivity contribution in [1.82, 2.24) is 0 Å². The lowest BCUT2D eigenvalue weighted by atomic mass is 9.68. The van der Waals surface area contributed by atoms with Crippen molar-refractivity contribution in [1.29, 1.82) is 0 Å². The molecule has 0 amide bonds. The molecule has 0 saturated heterocycles. The van der Waals surface area contributed by atoms with Crippen LogP contribution in [0.2, 0.25) is 0 Å². The molecule has 2 nitrogen and oxygen atoms in total. The molecule has 1 heterocycles. The van der Waals surface area contributed by atoms with Gasteiger partial charge in [0, 0.05) is 33.3 Å². The number of para-hydroxylation sites is 2. The highest BCUT2D eigenvalue weighted by molar-refractivity contribution is 6.10. The number of fused-ring (bicyclic) bond motifs is 6. The van der Waals surface area contributed by atoms with E-state index in [0.29, 0.717) is 0 Å². The minimum absolute atomic E-state index is 0.510. The molecule has 324 valence electrons. The third-order valence-corrected chi connectivity index (χ3v) is 14.2. The maximum atomic E-state index is 6.56. The topological polar surface area (TPSA) is 16.4 Å². The first-order chi connectivity index (χ1) is 34.3. The molecule has 0 atom stereocenters. The summed E-state index contributed by atoms with van der Waals surface area (Å²) in [4.78, 5) is 2.48. The molecule has 1 aromatic heterocycles. The van der Waals surface area contributed by atoms with Crippen LogP contribution >= 0.6 is 0 Å². The molecule has 0 N–H and O–H groups in total. The molecule has 11 aromatic carbocycles. The largest absolute Gasteiger partial charge is 0.455 e. The van der Waals surface area contributed by atoms with Crippen molar-refractivity contribution in [2.24, 2.45) is 0 Å². The Morgan fingerprint density at radius 3 is 1.51 bits per heavy atom. The van der Waals surface area contributed by atoms with Crippen LogP contribution in [0.5, 0.6) is 0 Å². The molecule has 0 saturated carbocycles. The van der Waals surface area contributed by atoms with Crippen LogP contribution in [-0.2, 0) is 5.41 Å². The lowest BCUT2D eigenvalue weighted by Crippen LogP contribution is -2.28. The fourth-order valence-electron chi connectivity index (χ4n) is 11.2. The summed E-state index contributed by atoms with van der Waals surface area (Å²) in [5, 5.41) is 2.24. The monoisotopic (exact) mass is 879 g/mol.